The van der Waals surface area contributed by atoms with E-state index in [1.165, 1.54) is 5.56 Å². The van der Waals surface area contributed by atoms with Gasteiger partial charge in [-0.25, -0.2) is 0 Å². The molecule has 0 spiro atoms. The largest absolute Gasteiger partial charge is 0.385 e. The first kappa shape index (κ1) is 24.2. The van der Waals surface area contributed by atoms with Crippen molar-refractivity contribution in [1.82, 2.24) is 10.2 Å². The highest BCUT2D eigenvalue weighted by Crippen LogP contribution is 2.14. The molecule has 1 heterocycles. The zero-order valence-electron chi connectivity index (χ0n) is 16.9. The quantitative estimate of drug-likeness (QED) is 0.236. The average Bonchev–Trinajstić information content (AvgIpc) is 2.69. The summed E-state index contributed by atoms with van der Waals surface area (Å²) in [6, 6.07) is 10.6. The first-order chi connectivity index (χ1) is 12.8. The molecule has 0 aromatic heterocycles. The van der Waals surface area contributed by atoms with Gasteiger partial charge in [0.1, 0.15) is 0 Å². The van der Waals surface area contributed by atoms with Gasteiger partial charge in [-0.2, -0.15) is 0 Å². The van der Waals surface area contributed by atoms with Crippen LogP contribution < -0.4 is 5.32 Å². The fraction of sp³-hybridized carbons (Fsp3) is 0.667. The van der Waals surface area contributed by atoms with E-state index in [-0.39, 0.29) is 24.0 Å². The minimum Gasteiger partial charge on any atom is -0.385 e. The summed E-state index contributed by atoms with van der Waals surface area (Å²) in [4.78, 5) is 7.21. The zero-order chi connectivity index (χ0) is 18.5. The summed E-state index contributed by atoms with van der Waals surface area (Å²) in [7, 11) is 1.74. The highest BCUT2D eigenvalue weighted by atomic mass is 127. The van der Waals surface area contributed by atoms with E-state index in [0.717, 1.165) is 77.5 Å². The van der Waals surface area contributed by atoms with Crippen LogP contribution in [-0.4, -0.2) is 63.5 Å². The molecule has 1 N–H and O–H groups in total. The molecule has 5 nitrogen and oxygen atoms in total. The molecule has 0 saturated carbocycles. The summed E-state index contributed by atoms with van der Waals surface area (Å²) in [5.74, 6) is 1.05. The van der Waals surface area contributed by atoms with Gasteiger partial charge in [-0.15, -0.1) is 24.0 Å². The molecule has 0 radical (unpaired) electrons. The molecule has 0 atom stereocenters. The Balaban J connectivity index is 0.00000364. The SMILES string of the molecule is CCNC(=NCCCc1ccccc1)N1CCC(OCCCOC)CC1.I. The molecule has 1 aliphatic rings. The number of methoxy groups -OCH3 is 1. The van der Waals surface area contributed by atoms with Crippen molar-refractivity contribution < 1.29 is 9.47 Å². The van der Waals surface area contributed by atoms with Gasteiger partial charge in [-0.1, -0.05) is 30.3 Å². The van der Waals surface area contributed by atoms with Crippen LogP contribution in [0.15, 0.2) is 35.3 Å². The number of nitrogens with zero attached hydrogens (tertiary/aromatic N) is 2. The number of benzene rings is 1. The molecule has 0 bridgehead atoms. The van der Waals surface area contributed by atoms with E-state index < -0.39 is 0 Å². The number of likely N-dealkylation sites (tertiary alicyclic amines) is 1. The van der Waals surface area contributed by atoms with Gasteiger partial charge >= 0.3 is 0 Å². The number of nitrogens with one attached hydrogen (secondary N) is 1. The molecule has 1 aromatic carbocycles. The van der Waals surface area contributed by atoms with Crippen LogP contribution in [0.3, 0.4) is 0 Å². The molecule has 1 fully saturated rings. The van der Waals surface area contributed by atoms with E-state index in [0.29, 0.717) is 6.10 Å². The monoisotopic (exact) mass is 489 g/mol. The van der Waals surface area contributed by atoms with Crippen LogP contribution >= 0.6 is 24.0 Å². The van der Waals surface area contributed by atoms with Crippen molar-refractivity contribution in [2.75, 3.05) is 46.5 Å². The molecule has 0 unspecified atom stereocenters. The van der Waals surface area contributed by atoms with Crippen molar-refractivity contribution in [3.63, 3.8) is 0 Å². The second-order valence-corrected chi connectivity index (χ2v) is 6.73. The number of halogens is 1. The Morgan fingerprint density at radius 1 is 1.15 bits per heavy atom. The van der Waals surface area contributed by atoms with Crippen LogP contribution in [0.2, 0.25) is 0 Å². The predicted molar refractivity (Wildman–Crippen MR) is 123 cm³/mol. The lowest BCUT2D eigenvalue weighted by atomic mass is 10.1. The van der Waals surface area contributed by atoms with Gasteiger partial charge in [0.25, 0.3) is 0 Å². The van der Waals surface area contributed by atoms with Crippen molar-refractivity contribution in [3.05, 3.63) is 35.9 Å². The van der Waals surface area contributed by atoms with Gasteiger partial charge in [0.2, 0.25) is 0 Å². The fourth-order valence-corrected chi connectivity index (χ4v) is 3.23. The summed E-state index contributed by atoms with van der Waals surface area (Å²) in [6.07, 6.45) is 5.66. The first-order valence-corrected chi connectivity index (χ1v) is 10.0. The molecular formula is C21H36IN3O2. The van der Waals surface area contributed by atoms with Crippen molar-refractivity contribution in [2.24, 2.45) is 4.99 Å². The van der Waals surface area contributed by atoms with Gasteiger partial charge in [0.05, 0.1) is 6.10 Å². The van der Waals surface area contributed by atoms with Gasteiger partial charge < -0.3 is 19.7 Å². The van der Waals surface area contributed by atoms with Crippen LogP contribution in [0.25, 0.3) is 0 Å². The van der Waals surface area contributed by atoms with Crippen molar-refractivity contribution in [3.8, 4) is 0 Å². The van der Waals surface area contributed by atoms with Gasteiger partial charge in [0.15, 0.2) is 5.96 Å². The van der Waals surface area contributed by atoms with Crippen LogP contribution in [0.5, 0.6) is 0 Å². The molecular weight excluding hydrogens is 453 g/mol. The fourth-order valence-electron chi connectivity index (χ4n) is 3.23. The topological polar surface area (TPSA) is 46.1 Å². The maximum Gasteiger partial charge on any atom is 0.193 e. The van der Waals surface area contributed by atoms with Crippen molar-refractivity contribution >= 4 is 29.9 Å². The maximum absolute atomic E-state index is 5.95. The number of piperidine rings is 1. The minimum absolute atomic E-state index is 0. The number of rotatable bonds is 10. The Labute approximate surface area is 181 Å². The van der Waals surface area contributed by atoms with Crippen LogP contribution in [0.1, 0.15) is 38.2 Å². The molecule has 2 rings (SSSR count). The van der Waals surface area contributed by atoms with Gasteiger partial charge in [-0.05, 0) is 44.6 Å². The number of hydrogen-bond acceptors (Lipinski definition) is 3. The lowest BCUT2D eigenvalue weighted by Crippen LogP contribution is -2.47. The van der Waals surface area contributed by atoms with Crippen molar-refractivity contribution in [2.45, 2.75) is 45.1 Å². The number of ether oxygens (including phenoxy) is 2. The third-order valence-electron chi connectivity index (χ3n) is 4.65. The Morgan fingerprint density at radius 3 is 2.56 bits per heavy atom. The third kappa shape index (κ3) is 9.76. The number of hydrogen-bond donors (Lipinski definition) is 1. The number of aliphatic imine (C=N–C) groups is 1. The molecule has 1 aliphatic heterocycles. The third-order valence-corrected chi connectivity index (χ3v) is 4.65. The molecule has 27 heavy (non-hydrogen) atoms. The second kappa shape index (κ2) is 15.1. The Bertz CT molecular complexity index is 505. The predicted octanol–water partition coefficient (Wildman–Crippen LogP) is 3.72. The maximum atomic E-state index is 5.95. The minimum atomic E-state index is 0. The summed E-state index contributed by atoms with van der Waals surface area (Å²) in [5, 5.41) is 3.44. The van der Waals surface area contributed by atoms with E-state index in [1.54, 1.807) is 7.11 Å². The second-order valence-electron chi connectivity index (χ2n) is 6.73. The smallest absolute Gasteiger partial charge is 0.193 e. The molecule has 6 heteroatoms. The normalized spacial score (nSPS) is 15.5. The van der Waals surface area contributed by atoms with E-state index in [1.807, 2.05) is 0 Å². The van der Waals surface area contributed by atoms with E-state index in [4.69, 9.17) is 14.5 Å². The summed E-state index contributed by atoms with van der Waals surface area (Å²) in [5.41, 5.74) is 1.39. The highest BCUT2D eigenvalue weighted by Gasteiger charge is 2.21. The number of guanidine groups is 1. The van der Waals surface area contributed by atoms with E-state index in [9.17, 15) is 0 Å². The average molecular weight is 489 g/mol. The first-order valence-electron chi connectivity index (χ1n) is 10.0. The van der Waals surface area contributed by atoms with E-state index in [2.05, 4.69) is 47.5 Å². The van der Waals surface area contributed by atoms with Crippen molar-refractivity contribution in [1.29, 1.82) is 0 Å². The summed E-state index contributed by atoms with van der Waals surface area (Å²) < 4.78 is 11.0. The Morgan fingerprint density at radius 2 is 1.89 bits per heavy atom. The zero-order valence-corrected chi connectivity index (χ0v) is 19.2. The highest BCUT2D eigenvalue weighted by molar-refractivity contribution is 14.0. The molecule has 1 aromatic rings. The summed E-state index contributed by atoms with van der Waals surface area (Å²) >= 11 is 0. The Hall–Kier alpha value is -0.860. The van der Waals surface area contributed by atoms with Crippen LogP contribution in [0, 0.1) is 0 Å². The standard InChI is InChI=1S/C21H35N3O2.HI/c1-3-22-21(23-14-7-11-19-9-5-4-6-10-19)24-15-12-20(13-16-24)26-18-8-17-25-2;/h4-6,9-10,20H,3,7-8,11-18H2,1-2H3,(H,22,23);1H. The van der Waals surface area contributed by atoms with Crippen LogP contribution in [0.4, 0.5) is 0 Å². The van der Waals surface area contributed by atoms with E-state index >= 15 is 0 Å². The summed E-state index contributed by atoms with van der Waals surface area (Å²) in [6.45, 7) is 7.50. The Kier molecular flexibility index (Phi) is 13.5. The molecule has 154 valence electrons. The number of aryl methyl sites for hydroxylation is 1. The molecule has 1 saturated heterocycles. The van der Waals surface area contributed by atoms with Gasteiger partial charge in [-0.3, -0.25) is 4.99 Å². The lowest BCUT2D eigenvalue weighted by molar-refractivity contribution is 0.00990. The molecule has 0 amide bonds. The van der Waals surface area contributed by atoms with Crippen LogP contribution in [-0.2, 0) is 15.9 Å². The lowest BCUT2D eigenvalue weighted by Gasteiger charge is -2.34. The van der Waals surface area contributed by atoms with Gasteiger partial charge in [0, 0.05) is 46.5 Å². The molecule has 0 aliphatic carbocycles.